The molecule has 0 bridgehead atoms. The van der Waals surface area contributed by atoms with E-state index in [0.29, 0.717) is 5.92 Å². The van der Waals surface area contributed by atoms with E-state index < -0.39 is 6.09 Å². The molecule has 0 fully saturated rings. The lowest BCUT2D eigenvalue weighted by molar-refractivity contribution is 0.192. The number of carboxylic acid groups (broad SMARTS) is 1. The van der Waals surface area contributed by atoms with E-state index in [1.165, 1.54) is 0 Å². The maximum atomic E-state index is 10.1. The predicted molar refractivity (Wildman–Crippen MR) is 47.9 cm³/mol. The molecule has 0 radical (unpaired) electrons. The van der Waals surface area contributed by atoms with Crippen LogP contribution in [0.5, 0.6) is 0 Å². The maximum Gasteiger partial charge on any atom is 0.405 e. The van der Waals surface area contributed by atoms with Crippen molar-refractivity contribution in [2.75, 3.05) is 0 Å². The van der Waals surface area contributed by atoms with Gasteiger partial charge in [0.1, 0.15) is 0 Å². The molecular formula is C7H14BrNO2. The first kappa shape index (κ1) is 10.8. The number of nitrogens with one attached hydrogen (secondary N) is 1. The van der Waals surface area contributed by atoms with Crippen LogP contribution in [0.15, 0.2) is 0 Å². The van der Waals surface area contributed by atoms with Crippen LogP contribution < -0.4 is 5.32 Å². The van der Waals surface area contributed by atoms with Crippen LogP contribution in [0.2, 0.25) is 0 Å². The van der Waals surface area contributed by atoms with Crippen LogP contribution >= 0.6 is 15.9 Å². The standard InChI is InChI=1S/C7H14BrNO2/c1-3-5(2)4-6(8)9-7(10)11/h5-6,9H,3-4H2,1-2H3,(H,10,11). The molecule has 2 unspecified atom stereocenters. The average molecular weight is 224 g/mol. The number of carbonyl (C=O) groups is 1. The highest BCUT2D eigenvalue weighted by Crippen LogP contribution is 2.13. The highest BCUT2D eigenvalue weighted by Gasteiger charge is 2.09. The van der Waals surface area contributed by atoms with Gasteiger partial charge in [-0.15, -0.1) is 0 Å². The number of halogens is 1. The molecule has 1 amide bonds. The second-order valence-corrected chi connectivity index (χ2v) is 3.77. The van der Waals surface area contributed by atoms with Gasteiger partial charge < -0.3 is 10.4 Å². The molecule has 0 aliphatic carbocycles. The van der Waals surface area contributed by atoms with Gasteiger partial charge in [-0.2, -0.15) is 0 Å². The lowest BCUT2D eigenvalue weighted by Crippen LogP contribution is -2.29. The summed E-state index contributed by atoms with van der Waals surface area (Å²) < 4.78 is 0. The molecule has 2 N–H and O–H groups in total. The van der Waals surface area contributed by atoms with Crippen LogP contribution in [0.25, 0.3) is 0 Å². The van der Waals surface area contributed by atoms with E-state index in [-0.39, 0.29) is 4.95 Å². The normalized spacial score (nSPS) is 15.5. The molecule has 11 heavy (non-hydrogen) atoms. The first-order chi connectivity index (χ1) is 5.06. The Labute approximate surface area is 75.3 Å². The van der Waals surface area contributed by atoms with Crippen LogP contribution in [-0.2, 0) is 0 Å². The van der Waals surface area contributed by atoms with Crippen molar-refractivity contribution < 1.29 is 9.90 Å². The van der Waals surface area contributed by atoms with Gasteiger partial charge >= 0.3 is 6.09 Å². The van der Waals surface area contributed by atoms with Crippen LogP contribution in [0.1, 0.15) is 26.7 Å². The number of hydrogen-bond donors (Lipinski definition) is 2. The van der Waals surface area contributed by atoms with E-state index in [0.717, 1.165) is 12.8 Å². The molecule has 3 nitrogen and oxygen atoms in total. The molecular weight excluding hydrogens is 210 g/mol. The minimum Gasteiger partial charge on any atom is -0.465 e. The van der Waals surface area contributed by atoms with E-state index in [4.69, 9.17) is 5.11 Å². The average Bonchev–Trinajstić information content (AvgIpc) is 1.85. The molecule has 0 aromatic carbocycles. The van der Waals surface area contributed by atoms with Crippen molar-refractivity contribution in [3.05, 3.63) is 0 Å². The predicted octanol–water partition coefficient (Wildman–Crippen LogP) is 2.41. The quantitative estimate of drug-likeness (QED) is 0.569. The van der Waals surface area contributed by atoms with Gasteiger partial charge in [0, 0.05) is 0 Å². The number of alkyl halides is 1. The van der Waals surface area contributed by atoms with Crippen LogP contribution in [0, 0.1) is 5.92 Å². The van der Waals surface area contributed by atoms with E-state index >= 15 is 0 Å². The van der Waals surface area contributed by atoms with Crippen molar-refractivity contribution in [1.29, 1.82) is 0 Å². The summed E-state index contributed by atoms with van der Waals surface area (Å²) >= 11 is 3.23. The summed E-state index contributed by atoms with van der Waals surface area (Å²) in [7, 11) is 0. The second kappa shape index (κ2) is 5.41. The van der Waals surface area contributed by atoms with Crippen LogP contribution in [0.3, 0.4) is 0 Å². The lowest BCUT2D eigenvalue weighted by Gasteiger charge is -2.13. The Morgan fingerprint density at radius 2 is 2.27 bits per heavy atom. The van der Waals surface area contributed by atoms with Gasteiger partial charge in [0.25, 0.3) is 0 Å². The zero-order valence-corrected chi connectivity index (χ0v) is 8.39. The summed E-state index contributed by atoms with van der Waals surface area (Å²) in [6.07, 6.45) is 0.932. The third-order valence-corrected chi connectivity index (χ3v) is 2.19. The summed E-state index contributed by atoms with van der Waals surface area (Å²) in [6, 6.07) is 0. The lowest BCUT2D eigenvalue weighted by atomic mass is 10.1. The summed E-state index contributed by atoms with van der Waals surface area (Å²) in [6.45, 7) is 4.18. The zero-order chi connectivity index (χ0) is 8.85. The molecule has 0 spiro atoms. The van der Waals surface area contributed by atoms with E-state index in [2.05, 4.69) is 35.1 Å². The first-order valence-corrected chi connectivity index (χ1v) is 4.61. The highest BCUT2D eigenvalue weighted by molar-refractivity contribution is 9.09. The van der Waals surface area contributed by atoms with Gasteiger partial charge in [-0.3, -0.25) is 0 Å². The van der Waals surface area contributed by atoms with Gasteiger partial charge in [0.15, 0.2) is 0 Å². The number of hydrogen-bond acceptors (Lipinski definition) is 1. The van der Waals surface area contributed by atoms with E-state index in [9.17, 15) is 4.79 Å². The van der Waals surface area contributed by atoms with Crippen molar-refractivity contribution in [3.63, 3.8) is 0 Å². The van der Waals surface area contributed by atoms with Crippen molar-refractivity contribution in [1.82, 2.24) is 5.32 Å². The fourth-order valence-electron chi connectivity index (χ4n) is 0.713. The SMILES string of the molecule is CCC(C)CC(Br)NC(=O)O. The fraction of sp³-hybridized carbons (Fsp3) is 0.857. The molecule has 4 heteroatoms. The molecule has 0 rings (SSSR count). The Kier molecular flexibility index (Phi) is 5.28. The molecule has 0 aliphatic heterocycles. The molecule has 2 atom stereocenters. The number of rotatable bonds is 4. The topological polar surface area (TPSA) is 49.3 Å². The molecule has 0 aromatic rings. The van der Waals surface area contributed by atoms with Gasteiger partial charge in [-0.1, -0.05) is 36.2 Å². The van der Waals surface area contributed by atoms with Gasteiger partial charge in [-0.05, 0) is 12.3 Å². The summed E-state index contributed by atoms with van der Waals surface area (Å²) in [4.78, 5) is 10.0. The van der Waals surface area contributed by atoms with Crippen molar-refractivity contribution in [3.8, 4) is 0 Å². The van der Waals surface area contributed by atoms with Crippen molar-refractivity contribution in [2.45, 2.75) is 31.6 Å². The Hall–Kier alpha value is -0.250. The summed E-state index contributed by atoms with van der Waals surface area (Å²) in [5, 5.41) is 10.7. The summed E-state index contributed by atoms with van der Waals surface area (Å²) in [5.74, 6) is 0.547. The zero-order valence-electron chi connectivity index (χ0n) is 6.80. The van der Waals surface area contributed by atoms with E-state index in [1.807, 2.05) is 0 Å². The monoisotopic (exact) mass is 223 g/mol. The smallest absolute Gasteiger partial charge is 0.405 e. The van der Waals surface area contributed by atoms with Crippen molar-refractivity contribution in [2.24, 2.45) is 5.92 Å². The van der Waals surface area contributed by atoms with Crippen LogP contribution in [0.4, 0.5) is 4.79 Å². The second-order valence-electron chi connectivity index (χ2n) is 2.67. The fourth-order valence-corrected chi connectivity index (χ4v) is 1.55. The Morgan fingerprint density at radius 1 is 1.73 bits per heavy atom. The Morgan fingerprint density at radius 3 is 2.64 bits per heavy atom. The van der Waals surface area contributed by atoms with Crippen molar-refractivity contribution >= 4 is 22.0 Å². The molecule has 0 aliphatic rings. The molecule has 0 heterocycles. The van der Waals surface area contributed by atoms with E-state index in [1.54, 1.807) is 0 Å². The largest absolute Gasteiger partial charge is 0.465 e. The Balaban J connectivity index is 3.51. The Bertz CT molecular complexity index is 130. The minimum absolute atomic E-state index is 0.116. The molecule has 0 saturated carbocycles. The maximum absolute atomic E-state index is 10.1. The first-order valence-electron chi connectivity index (χ1n) is 3.69. The van der Waals surface area contributed by atoms with Gasteiger partial charge in [0.05, 0.1) is 4.95 Å². The third-order valence-electron chi connectivity index (χ3n) is 1.59. The minimum atomic E-state index is -0.977. The van der Waals surface area contributed by atoms with Gasteiger partial charge in [-0.25, -0.2) is 4.79 Å². The molecule has 66 valence electrons. The molecule has 0 saturated heterocycles. The number of amides is 1. The highest BCUT2D eigenvalue weighted by atomic mass is 79.9. The molecule has 0 aromatic heterocycles. The summed E-state index contributed by atoms with van der Waals surface area (Å²) in [5.41, 5.74) is 0. The van der Waals surface area contributed by atoms with Gasteiger partial charge in [0.2, 0.25) is 0 Å². The third kappa shape index (κ3) is 6.16. The van der Waals surface area contributed by atoms with Crippen LogP contribution in [-0.4, -0.2) is 16.2 Å².